The first-order valence-electron chi connectivity index (χ1n) is 10.7. The molecule has 1 saturated heterocycles. The number of rotatable bonds is 4. The first-order valence-corrected chi connectivity index (χ1v) is 10.7. The summed E-state index contributed by atoms with van der Waals surface area (Å²) < 4.78 is 105. The molecule has 186 valence electrons. The smallest absolute Gasteiger partial charge is 0.337 e. The van der Waals surface area contributed by atoms with Gasteiger partial charge >= 0.3 is 12.4 Å². The van der Waals surface area contributed by atoms with E-state index in [1.807, 2.05) is 0 Å². The van der Waals surface area contributed by atoms with E-state index in [4.69, 9.17) is 0 Å². The van der Waals surface area contributed by atoms with Crippen molar-refractivity contribution in [3.63, 3.8) is 0 Å². The first kappa shape index (κ1) is 24.6. The minimum Gasteiger partial charge on any atom is -0.337 e. The maximum atomic E-state index is 14.0. The van der Waals surface area contributed by atoms with Gasteiger partial charge in [-0.2, -0.15) is 26.3 Å². The van der Waals surface area contributed by atoms with Crippen LogP contribution in [-0.2, 0) is 11.0 Å². The summed E-state index contributed by atoms with van der Waals surface area (Å²) in [5, 5.41) is 0. The monoisotopic (exact) mass is 495 g/mol. The fourth-order valence-corrected chi connectivity index (χ4v) is 4.79. The van der Waals surface area contributed by atoms with E-state index in [1.165, 1.54) is 4.90 Å². The van der Waals surface area contributed by atoms with E-state index >= 15 is 0 Å². The average molecular weight is 495 g/mol. The molecule has 3 aliphatic heterocycles. The lowest BCUT2D eigenvalue weighted by molar-refractivity contribution is -0.141. The van der Waals surface area contributed by atoms with E-state index in [0.29, 0.717) is 18.2 Å². The summed E-state index contributed by atoms with van der Waals surface area (Å²) in [4.78, 5) is 20.3. The van der Waals surface area contributed by atoms with Gasteiger partial charge in [0, 0.05) is 32.7 Å². The summed E-state index contributed by atoms with van der Waals surface area (Å²) in [6.07, 6.45) is -10.0. The van der Waals surface area contributed by atoms with Crippen molar-refractivity contribution in [1.82, 2.24) is 9.80 Å². The van der Waals surface area contributed by atoms with E-state index in [9.17, 15) is 39.9 Å². The number of benzene rings is 1. The van der Waals surface area contributed by atoms with Gasteiger partial charge in [-0.05, 0) is 41.5 Å². The predicted molar refractivity (Wildman–Crippen MR) is 106 cm³/mol. The van der Waals surface area contributed by atoms with Crippen molar-refractivity contribution in [3.8, 4) is 0 Å². The van der Waals surface area contributed by atoms with Gasteiger partial charge < -0.3 is 4.90 Å². The maximum Gasteiger partial charge on any atom is 0.419 e. The van der Waals surface area contributed by atoms with Crippen LogP contribution in [0.1, 0.15) is 36.3 Å². The summed E-state index contributed by atoms with van der Waals surface area (Å²) in [5.41, 5.74) is -0.340. The van der Waals surface area contributed by atoms with Gasteiger partial charge in [-0.25, -0.2) is 8.78 Å². The largest absolute Gasteiger partial charge is 0.419 e. The van der Waals surface area contributed by atoms with Crippen molar-refractivity contribution in [1.29, 1.82) is 0 Å². The fourth-order valence-electron chi connectivity index (χ4n) is 4.79. The van der Waals surface area contributed by atoms with E-state index in [2.05, 4.69) is 4.99 Å². The number of alkyl halides is 6. The van der Waals surface area contributed by atoms with Gasteiger partial charge in [-0.3, -0.25) is 14.7 Å². The number of carbonyl (C=O) groups is 1. The van der Waals surface area contributed by atoms with Crippen molar-refractivity contribution < 1.29 is 39.9 Å². The molecule has 1 fully saturated rings. The summed E-state index contributed by atoms with van der Waals surface area (Å²) in [7, 11) is 0. The second kappa shape index (κ2) is 8.94. The van der Waals surface area contributed by atoms with E-state index < -0.39 is 47.8 Å². The lowest BCUT2D eigenvalue weighted by Crippen LogP contribution is -2.42. The molecule has 1 aromatic carbocycles. The Morgan fingerprint density at radius 2 is 1.71 bits per heavy atom. The summed E-state index contributed by atoms with van der Waals surface area (Å²) in [6.45, 7) is 0.747. The van der Waals surface area contributed by atoms with E-state index in [-0.39, 0.29) is 56.8 Å². The Morgan fingerprint density at radius 3 is 2.32 bits per heavy atom. The molecule has 0 unspecified atom stereocenters. The van der Waals surface area contributed by atoms with Crippen molar-refractivity contribution >= 4 is 11.6 Å². The predicted octanol–water partition coefficient (Wildman–Crippen LogP) is 4.71. The minimum absolute atomic E-state index is 0.0964. The van der Waals surface area contributed by atoms with Gasteiger partial charge in [0.25, 0.3) is 5.91 Å². The number of carbonyl (C=O) groups excluding carboxylic acids is 1. The van der Waals surface area contributed by atoms with Gasteiger partial charge in [0.2, 0.25) is 0 Å². The van der Waals surface area contributed by atoms with E-state index in [0.717, 1.165) is 11.6 Å². The molecule has 1 amide bonds. The number of halogens is 8. The van der Waals surface area contributed by atoms with Crippen LogP contribution in [0, 0.1) is 11.6 Å². The molecule has 34 heavy (non-hydrogen) atoms. The number of hydrogen-bond acceptors (Lipinski definition) is 3. The molecule has 4 nitrogen and oxygen atoms in total. The molecule has 0 bridgehead atoms. The summed E-state index contributed by atoms with van der Waals surface area (Å²) in [5.74, 6) is -4.63. The van der Waals surface area contributed by atoms with Crippen LogP contribution in [0.4, 0.5) is 35.1 Å². The topological polar surface area (TPSA) is 35.9 Å². The van der Waals surface area contributed by atoms with Crippen molar-refractivity contribution in [2.45, 2.75) is 37.5 Å². The Hall–Kier alpha value is -2.50. The zero-order valence-corrected chi connectivity index (χ0v) is 17.9. The summed E-state index contributed by atoms with van der Waals surface area (Å²) in [6, 6.07) is 1.61. The highest BCUT2D eigenvalue weighted by Gasteiger charge is 2.41. The van der Waals surface area contributed by atoms with Crippen molar-refractivity contribution in [2.75, 3.05) is 39.3 Å². The van der Waals surface area contributed by atoms with Crippen molar-refractivity contribution in [2.24, 2.45) is 4.99 Å². The lowest BCUT2D eigenvalue weighted by atomic mass is 9.85. The molecule has 0 spiro atoms. The van der Waals surface area contributed by atoms with Crippen LogP contribution >= 0.6 is 0 Å². The third-order valence-electron chi connectivity index (χ3n) is 6.48. The number of piperidine rings is 1. The normalized spacial score (nSPS) is 20.2. The van der Waals surface area contributed by atoms with Crippen LogP contribution in [-0.4, -0.2) is 66.9 Å². The van der Waals surface area contributed by atoms with Crippen molar-refractivity contribution in [3.05, 3.63) is 46.0 Å². The third kappa shape index (κ3) is 4.96. The highest BCUT2D eigenvalue weighted by atomic mass is 19.4. The Labute approximate surface area is 189 Å². The molecule has 3 aliphatic rings. The molecule has 0 aliphatic carbocycles. The van der Waals surface area contributed by atoms with Crippen LogP contribution in [0.15, 0.2) is 28.3 Å². The van der Waals surface area contributed by atoms with Gasteiger partial charge in [0.05, 0.1) is 18.5 Å². The van der Waals surface area contributed by atoms with Crippen LogP contribution in [0.2, 0.25) is 0 Å². The molecule has 0 atom stereocenters. The molecule has 0 aromatic heterocycles. The standard InChI is InChI=1S/C22H21F8N3O/c23-16-2-1-14(17(18(16)24)22(28,29)30)12-3-6-33(7-4-12)20(34)19-15-11-32(8-5-21(25,26)27)10-13(15)9-31-19/h1-2,12H,3-11H2. The second-order valence-corrected chi connectivity index (χ2v) is 8.71. The van der Waals surface area contributed by atoms with Crippen LogP contribution < -0.4 is 0 Å². The highest BCUT2D eigenvalue weighted by molar-refractivity contribution is 6.46. The number of amides is 1. The molecule has 0 N–H and O–H groups in total. The molecular formula is C22H21F8N3O. The lowest BCUT2D eigenvalue weighted by Gasteiger charge is -2.33. The SMILES string of the molecule is O=C(C1=NCC2=C1CN(CCC(F)(F)F)C2)N1CCC(c2ccc(F)c(F)c2C(F)(F)F)CC1. The molecule has 3 heterocycles. The fraction of sp³-hybridized carbons (Fsp3) is 0.545. The number of hydrogen-bond donors (Lipinski definition) is 0. The zero-order chi connectivity index (χ0) is 24.8. The number of aliphatic imine (C=N–C) groups is 1. The quantitative estimate of drug-likeness (QED) is 0.568. The highest BCUT2D eigenvalue weighted by Crippen LogP contribution is 2.41. The van der Waals surface area contributed by atoms with Gasteiger partial charge in [-0.1, -0.05) is 6.07 Å². The van der Waals surface area contributed by atoms with Crippen LogP contribution in [0.25, 0.3) is 0 Å². The van der Waals surface area contributed by atoms with E-state index in [1.54, 1.807) is 4.90 Å². The number of nitrogens with zero attached hydrogens (tertiary/aromatic N) is 3. The molecule has 0 saturated carbocycles. The number of likely N-dealkylation sites (tertiary alicyclic amines) is 1. The first-order chi connectivity index (χ1) is 15.8. The Bertz CT molecular complexity index is 1040. The third-order valence-corrected chi connectivity index (χ3v) is 6.48. The molecule has 0 radical (unpaired) electrons. The Morgan fingerprint density at radius 1 is 1.03 bits per heavy atom. The van der Waals surface area contributed by atoms with Gasteiger partial charge in [-0.15, -0.1) is 0 Å². The van der Waals surface area contributed by atoms with Crippen LogP contribution in [0.5, 0.6) is 0 Å². The average Bonchev–Trinajstić information content (AvgIpc) is 3.33. The molecule has 12 heteroatoms. The Balaban J connectivity index is 1.40. The molecule has 4 rings (SSSR count). The van der Waals surface area contributed by atoms with Crippen LogP contribution in [0.3, 0.4) is 0 Å². The minimum atomic E-state index is -5.06. The summed E-state index contributed by atoms with van der Waals surface area (Å²) >= 11 is 0. The Kier molecular flexibility index (Phi) is 6.47. The maximum absolute atomic E-state index is 14.0. The molecule has 1 aromatic rings. The molecular weight excluding hydrogens is 474 g/mol. The van der Waals surface area contributed by atoms with Gasteiger partial charge in [0.1, 0.15) is 5.71 Å². The second-order valence-electron chi connectivity index (χ2n) is 8.71. The van der Waals surface area contributed by atoms with Gasteiger partial charge in [0.15, 0.2) is 11.6 Å². The zero-order valence-electron chi connectivity index (χ0n) is 17.9.